The van der Waals surface area contributed by atoms with Gasteiger partial charge in [0.05, 0.1) is 5.69 Å². The number of carbonyl (C=O) groups is 1. The van der Waals surface area contributed by atoms with E-state index < -0.39 is 29.9 Å². The maximum atomic E-state index is 11.3. The number of fused-ring (bicyclic) bond motifs is 1. The van der Waals surface area contributed by atoms with E-state index in [1.807, 2.05) is 6.07 Å². The third kappa shape index (κ3) is 2.58. The molecule has 1 aliphatic heterocycles. The molecule has 0 bridgehead atoms. The zero-order valence-electron chi connectivity index (χ0n) is 13.4. The number of rotatable bonds is 4. The number of nitrogens with two attached hydrogens (primary N) is 1. The summed E-state index contributed by atoms with van der Waals surface area (Å²) in [7, 11) is 0. The molecule has 0 saturated carbocycles. The largest absolute Gasteiger partial charge is 0.463 e. The lowest BCUT2D eigenvalue weighted by atomic mass is 9.92. The van der Waals surface area contributed by atoms with Crippen LogP contribution in [-0.4, -0.2) is 55.7 Å². The number of aromatic nitrogens is 3. The summed E-state index contributed by atoms with van der Waals surface area (Å²) in [5.74, 6) is -0.288. The fourth-order valence-corrected chi connectivity index (χ4v) is 2.83. The number of hydrogen-bond acceptors (Lipinski definition) is 9. The van der Waals surface area contributed by atoms with E-state index in [1.165, 1.54) is 16.9 Å². The predicted octanol–water partition coefficient (Wildman–Crippen LogP) is -0.896. The average molecular weight is 347 g/mol. The highest BCUT2D eigenvalue weighted by atomic mass is 16.6. The summed E-state index contributed by atoms with van der Waals surface area (Å²) >= 11 is 0. The first-order valence-corrected chi connectivity index (χ1v) is 7.64. The number of anilines is 1. The molecule has 1 fully saturated rings. The van der Waals surface area contributed by atoms with Crippen LogP contribution in [0.25, 0.3) is 5.52 Å². The van der Waals surface area contributed by atoms with Gasteiger partial charge in [-0.3, -0.25) is 4.79 Å². The first-order valence-electron chi connectivity index (χ1n) is 7.64. The second-order valence-corrected chi connectivity index (χ2v) is 5.64. The Morgan fingerprint density at radius 1 is 1.56 bits per heavy atom. The van der Waals surface area contributed by atoms with Crippen molar-refractivity contribution >= 4 is 17.3 Å². The molecule has 0 radical (unpaired) electrons. The molecule has 25 heavy (non-hydrogen) atoms. The van der Waals surface area contributed by atoms with Crippen molar-refractivity contribution in [2.24, 2.45) is 0 Å². The first-order chi connectivity index (χ1) is 11.9. The second kappa shape index (κ2) is 6.29. The molecule has 0 unspecified atom stereocenters. The van der Waals surface area contributed by atoms with Crippen LogP contribution in [0, 0.1) is 11.3 Å². The van der Waals surface area contributed by atoms with Crippen LogP contribution >= 0.6 is 0 Å². The van der Waals surface area contributed by atoms with E-state index in [4.69, 9.17) is 15.2 Å². The first kappa shape index (κ1) is 17.1. The lowest BCUT2D eigenvalue weighted by Crippen LogP contribution is -2.41. The summed E-state index contributed by atoms with van der Waals surface area (Å²) in [4.78, 5) is 15.2. The summed E-state index contributed by atoms with van der Waals surface area (Å²) in [6.07, 6.45) is -2.69. The molecule has 2 aromatic heterocycles. The van der Waals surface area contributed by atoms with Crippen molar-refractivity contribution in [1.29, 1.82) is 5.26 Å². The third-order valence-corrected chi connectivity index (χ3v) is 4.18. The zero-order chi connectivity index (χ0) is 18.2. The minimum atomic E-state index is -1.89. The fraction of sp³-hybridized carbons (Fsp3) is 0.467. The van der Waals surface area contributed by atoms with E-state index in [9.17, 15) is 20.3 Å². The van der Waals surface area contributed by atoms with Gasteiger partial charge in [0.15, 0.2) is 5.82 Å². The normalized spacial score (nSPS) is 28.8. The van der Waals surface area contributed by atoms with Crippen LogP contribution < -0.4 is 5.73 Å². The Bertz CT molecular complexity index is 846. The molecule has 132 valence electrons. The number of nitrogen functional groups attached to an aromatic ring is 1. The lowest BCUT2D eigenvalue weighted by Gasteiger charge is -2.24. The van der Waals surface area contributed by atoms with Gasteiger partial charge in [-0.15, -0.1) is 0 Å². The molecule has 2 aromatic rings. The Labute approximate surface area is 142 Å². The summed E-state index contributed by atoms with van der Waals surface area (Å²) < 4.78 is 11.9. The maximum absolute atomic E-state index is 11.3. The average Bonchev–Trinajstić information content (AvgIpc) is 3.16. The Morgan fingerprint density at radius 2 is 2.32 bits per heavy atom. The SMILES string of the molecule is CCC(=O)OC[C@H]1O[C@@](C#N)(c2ccc3c(N)ncnn23)[C@H](O)[C@@H]1O. The van der Waals surface area contributed by atoms with Crippen LogP contribution in [0.2, 0.25) is 0 Å². The third-order valence-electron chi connectivity index (χ3n) is 4.18. The molecule has 4 N–H and O–H groups in total. The summed E-state index contributed by atoms with van der Waals surface area (Å²) in [6.45, 7) is 1.34. The molecule has 0 aromatic carbocycles. The standard InChI is InChI=1S/C15H17N5O5/c1-2-11(21)24-5-9-12(22)13(23)15(6-16,25-9)10-4-3-8-14(17)18-7-19-20(8)10/h3-4,7,9,12-13,22-23H,2,5H2,1H3,(H2,17,18,19)/t9-,12-,13-,15+/m1/s1. The molecule has 0 spiro atoms. The molecule has 1 saturated heterocycles. The molecule has 0 amide bonds. The van der Waals surface area contributed by atoms with Gasteiger partial charge in [-0.25, -0.2) is 9.50 Å². The monoisotopic (exact) mass is 347 g/mol. The number of hydrogen-bond donors (Lipinski definition) is 3. The summed E-state index contributed by atoms with van der Waals surface area (Å²) in [5.41, 5.74) is 4.50. The molecular formula is C15H17N5O5. The van der Waals surface area contributed by atoms with E-state index in [-0.39, 0.29) is 24.5 Å². The van der Waals surface area contributed by atoms with E-state index in [0.29, 0.717) is 5.52 Å². The molecule has 4 atom stereocenters. The van der Waals surface area contributed by atoms with Gasteiger partial charge in [-0.05, 0) is 12.1 Å². The Hall–Kier alpha value is -2.74. The summed E-state index contributed by atoms with van der Waals surface area (Å²) in [6, 6.07) is 5.00. The second-order valence-electron chi connectivity index (χ2n) is 5.64. The van der Waals surface area contributed by atoms with Crippen molar-refractivity contribution in [2.75, 3.05) is 12.3 Å². The van der Waals surface area contributed by atoms with E-state index >= 15 is 0 Å². The number of aliphatic hydroxyl groups excluding tert-OH is 2. The van der Waals surface area contributed by atoms with Gasteiger partial charge >= 0.3 is 5.97 Å². The zero-order valence-corrected chi connectivity index (χ0v) is 13.4. The highest BCUT2D eigenvalue weighted by Gasteiger charge is 2.57. The molecule has 10 heteroatoms. The molecule has 10 nitrogen and oxygen atoms in total. The van der Waals surface area contributed by atoms with Gasteiger partial charge < -0.3 is 25.4 Å². The van der Waals surface area contributed by atoms with Crippen molar-refractivity contribution in [3.05, 3.63) is 24.2 Å². The molecule has 1 aliphatic rings. The Balaban J connectivity index is 1.98. The van der Waals surface area contributed by atoms with Crippen molar-refractivity contribution in [2.45, 2.75) is 37.3 Å². The minimum Gasteiger partial charge on any atom is -0.463 e. The fourth-order valence-electron chi connectivity index (χ4n) is 2.83. The van der Waals surface area contributed by atoms with Crippen molar-refractivity contribution in [3.63, 3.8) is 0 Å². The van der Waals surface area contributed by atoms with Gasteiger partial charge in [-0.1, -0.05) is 6.92 Å². The van der Waals surface area contributed by atoms with Gasteiger partial charge in [0.2, 0.25) is 5.60 Å². The van der Waals surface area contributed by atoms with E-state index in [2.05, 4.69) is 10.1 Å². The van der Waals surface area contributed by atoms with Gasteiger partial charge in [0, 0.05) is 6.42 Å². The number of ether oxygens (including phenoxy) is 2. The van der Waals surface area contributed by atoms with E-state index in [1.54, 1.807) is 13.0 Å². The Morgan fingerprint density at radius 3 is 3.00 bits per heavy atom. The minimum absolute atomic E-state index is 0.161. The van der Waals surface area contributed by atoms with Crippen LogP contribution in [0.5, 0.6) is 0 Å². The van der Waals surface area contributed by atoms with Crippen LogP contribution in [-0.2, 0) is 19.9 Å². The number of nitrogens with zero attached hydrogens (tertiary/aromatic N) is 4. The van der Waals surface area contributed by atoms with Gasteiger partial charge in [0.1, 0.15) is 42.8 Å². The van der Waals surface area contributed by atoms with E-state index in [0.717, 1.165) is 0 Å². The molecular weight excluding hydrogens is 330 g/mol. The van der Waals surface area contributed by atoms with Crippen LogP contribution in [0.15, 0.2) is 18.5 Å². The summed E-state index contributed by atoms with van der Waals surface area (Å²) in [5, 5.41) is 34.5. The predicted molar refractivity (Wildman–Crippen MR) is 82.8 cm³/mol. The van der Waals surface area contributed by atoms with Crippen molar-refractivity contribution in [3.8, 4) is 6.07 Å². The van der Waals surface area contributed by atoms with Crippen LogP contribution in [0.3, 0.4) is 0 Å². The molecule has 0 aliphatic carbocycles. The number of carbonyl (C=O) groups excluding carboxylic acids is 1. The highest BCUT2D eigenvalue weighted by molar-refractivity contribution is 5.69. The smallest absolute Gasteiger partial charge is 0.305 e. The van der Waals surface area contributed by atoms with Crippen LogP contribution in [0.1, 0.15) is 19.0 Å². The van der Waals surface area contributed by atoms with Gasteiger partial charge in [-0.2, -0.15) is 10.4 Å². The number of nitriles is 1. The topological polar surface area (TPSA) is 156 Å². The Kier molecular flexibility index (Phi) is 4.30. The number of esters is 1. The van der Waals surface area contributed by atoms with Gasteiger partial charge in [0.25, 0.3) is 0 Å². The van der Waals surface area contributed by atoms with Crippen LogP contribution in [0.4, 0.5) is 5.82 Å². The lowest BCUT2D eigenvalue weighted by molar-refractivity contribution is -0.150. The molecule has 3 rings (SSSR count). The maximum Gasteiger partial charge on any atom is 0.305 e. The van der Waals surface area contributed by atoms with Crippen molar-refractivity contribution in [1.82, 2.24) is 14.6 Å². The van der Waals surface area contributed by atoms with Crippen molar-refractivity contribution < 1.29 is 24.5 Å². The number of aliphatic hydroxyl groups is 2. The molecule has 3 heterocycles. The quantitative estimate of drug-likeness (QED) is 0.596. The highest BCUT2D eigenvalue weighted by Crippen LogP contribution is 2.40.